The van der Waals surface area contributed by atoms with Gasteiger partial charge in [-0.1, -0.05) is 0 Å². The lowest BCUT2D eigenvalue weighted by Gasteiger charge is -2.22. The van der Waals surface area contributed by atoms with Crippen molar-refractivity contribution in [3.63, 3.8) is 0 Å². The van der Waals surface area contributed by atoms with Crippen molar-refractivity contribution >= 4 is 17.8 Å². The van der Waals surface area contributed by atoms with Crippen LogP contribution in [-0.4, -0.2) is 70.8 Å². The van der Waals surface area contributed by atoms with Gasteiger partial charge in [-0.2, -0.15) is 15.0 Å². The lowest BCUT2D eigenvalue weighted by molar-refractivity contribution is 0.199. The Morgan fingerprint density at radius 3 is 1.42 bits per heavy atom. The average molecular weight is 270 g/mol. The van der Waals surface area contributed by atoms with E-state index in [0.29, 0.717) is 31.3 Å². The van der Waals surface area contributed by atoms with Crippen molar-refractivity contribution in [2.45, 2.75) is 0 Å². The van der Waals surface area contributed by atoms with Crippen molar-refractivity contribution in [2.24, 2.45) is 0 Å². The zero-order valence-electron chi connectivity index (χ0n) is 12.4. The van der Waals surface area contributed by atoms with Crippen LogP contribution in [0.25, 0.3) is 0 Å². The molecule has 0 aliphatic heterocycles. The predicted octanol–water partition coefficient (Wildman–Crippen LogP) is 0.0178. The van der Waals surface area contributed by atoms with E-state index < -0.39 is 0 Å². The van der Waals surface area contributed by atoms with Crippen molar-refractivity contribution in [3.05, 3.63) is 0 Å². The van der Waals surface area contributed by atoms with Gasteiger partial charge in [0.1, 0.15) is 13.5 Å². The minimum absolute atomic E-state index is 0.407. The predicted molar refractivity (Wildman–Crippen MR) is 74.7 cm³/mol. The largest absolute Gasteiger partial charge is 0.364 e. The monoisotopic (exact) mass is 270 g/mol. The van der Waals surface area contributed by atoms with Gasteiger partial charge < -0.3 is 24.2 Å². The summed E-state index contributed by atoms with van der Waals surface area (Å²) >= 11 is 0. The summed E-state index contributed by atoms with van der Waals surface area (Å²) in [6, 6.07) is 0. The molecule has 19 heavy (non-hydrogen) atoms. The van der Waals surface area contributed by atoms with Crippen LogP contribution >= 0.6 is 0 Å². The SMILES string of the molecule is COCN(C)c1nc(N(C)C)nc(N(C)COC)n1. The summed E-state index contributed by atoms with van der Waals surface area (Å²) < 4.78 is 10.2. The van der Waals surface area contributed by atoms with Gasteiger partial charge >= 0.3 is 0 Å². The first-order valence-electron chi connectivity index (χ1n) is 5.83. The second kappa shape index (κ2) is 7.05. The fraction of sp³-hybridized carbons (Fsp3) is 0.727. The molecule has 1 rings (SSSR count). The minimum Gasteiger partial charge on any atom is -0.364 e. The van der Waals surface area contributed by atoms with Gasteiger partial charge in [-0.25, -0.2) is 0 Å². The first-order valence-corrected chi connectivity index (χ1v) is 5.83. The molecule has 0 fully saturated rings. The molecule has 1 aromatic heterocycles. The molecule has 0 amide bonds. The Hall–Kier alpha value is -1.67. The molecule has 108 valence electrons. The molecule has 0 atom stereocenters. The van der Waals surface area contributed by atoms with E-state index >= 15 is 0 Å². The van der Waals surface area contributed by atoms with Crippen molar-refractivity contribution < 1.29 is 9.47 Å². The highest BCUT2D eigenvalue weighted by atomic mass is 16.5. The number of nitrogens with zero attached hydrogens (tertiary/aromatic N) is 6. The van der Waals surface area contributed by atoms with E-state index in [1.54, 1.807) is 24.0 Å². The molecule has 0 unspecified atom stereocenters. The highest BCUT2D eigenvalue weighted by Gasteiger charge is 2.14. The summed E-state index contributed by atoms with van der Waals surface area (Å²) in [7, 11) is 10.7. The van der Waals surface area contributed by atoms with Crippen LogP contribution < -0.4 is 14.7 Å². The third-order valence-corrected chi connectivity index (χ3v) is 2.33. The van der Waals surface area contributed by atoms with E-state index in [2.05, 4.69) is 15.0 Å². The smallest absolute Gasteiger partial charge is 0.233 e. The van der Waals surface area contributed by atoms with Crippen LogP contribution in [0.4, 0.5) is 17.8 Å². The average Bonchev–Trinajstić information content (AvgIpc) is 2.38. The number of methoxy groups -OCH3 is 2. The summed E-state index contributed by atoms with van der Waals surface area (Å²) in [6.45, 7) is 0.814. The van der Waals surface area contributed by atoms with Crippen molar-refractivity contribution in [1.29, 1.82) is 0 Å². The Morgan fingerprint density at radius 2 is 1.11 bits per heavy atom. The van der Waals surface area contributed by atoms with E-state index in [9.17, 15) is 0 Å². The highest BCUT2D eigenvalue weighted by molar-refractivity contribution is 5.44. The molecule has 0 saturated heterocycles. The maximum absolute atomic E-state index is 5.08. The molecule has 0 spiro atoms. The standard InChI is InChI=1S/C11H22N6O2/c1-15(2)9-12-10(16(3)7-18-5)14-11(13-9)17(4)8-19-6/h7-8H2,1-6H3. The van der Waals surface area contributed by atoms with Crippen molar-refractivity contribution in [2.75, 3.05) is 70.6 Å². The fourth-order valence-corrected chi connectivity index (χ4v) is 1.39. The Bertz CT molecular complexity index is 371. The Balaban J connectivity index is 3.10. The number of hydrogen-bond acceptors (Lipinski definition) is 8. The molecule has 1 aromatic rings. The Kier molecular flexibility index (Phi) is 5.71. The van der Waals surface area contributed by atoms with Gasteiger partial charge in [0.05, 0.1) is 0 Å². The number of anilines is 3. The zero-order chi connectivity index (χ0) is 14.4. The summed E-state index contributed by atoms with van der Waals surface area (Å²) in [4.78, 5) is 18.6. The van der Waals surface area contributed by atoms with Gasteiger partial charge in [-0.3, -0.25) is 0 Å². The maximum atomic E-state index is 5.08. The molecular formula is C11H22N6O2. The molecular weight excluding hydrogens is 248 g/mol. The molecule has 0 aliphatic carbocycles. The van der Waals surface area contributed by atoms with Gasteiger partial charge in [0.15, 0.2) is 0 Å². The second-order valence-corrected chi connectivity index (χ2v) is 4.36. The van der Waals surface area contributed by atoms with E-state index in [1.807, 2.05) is 33.1 Å². The number of aromatic nitrogens is 3. The molecule has 8 nitrogen and oxygen atoms in total. The van der Waals surface area contributed by atoms with E-state index in [-0.39, 0.29) is 0 Å². The van der Waals surface area contributed by atoms with E-state index in [4.69, 9.17) is 9.47 Å². The molecule has 0 aromatic carbocycles. The van der Waals surface area contributed by atoms with E-state index in [0.717, 1.165) is 0 Å². The molecule has 8 heteroatoms. The first-order chi connectivity index (χ1) is 8.99. The second-order valence-electron chi connectivity index (χ2n) is 4.36. The quantitative estimate of drug-likeness (QED) is 0.642. The minimum atomic E-state index is 0.407. The fourth-order valence-electron chi connectivity index (χ4n) is 1.39. The normalized spacial score (nSPS) is 10.4. The lowest BCUT2D eigenvalue weighted by Crippen LogP contribution is -2.28. The Labute approximate surface area is 114 Å². The van der Waals surface area contributed by atoms with Crippen LogP contribution in [0.3, 0.4) is 0 Å². The van der Waals surface area contributed by atoms with Gasteiger partial charge in [0, 0.05) is 42.4 Å². The maximum Gasteiger partial charge on any atom is 0.233 e. The summed E-state index contributed by atoms with van der Waals surface area (Å²) in [5, 5.41) is 0. The zero-order valence-corrected chi connectivity index (χ0v) is 12.4. The lowest BCUT2D eigenvalue weighted by atomic mass is 10.7. The third kappa shape index (κ3) is 4.18. The molecule has 0 saturated carbocycles. The van der Waals surface area contributed by atoms with Gasteiger partial charge in [0.25, 0.3) is 0 Å². The third-order valence-electron chi connectivity index (χ3n) is 2.33. The topological polar surface area (TPSA) is 66.9 Å². The number of hydrogen-bond donors (Lipinski definition) is 0. The molecule has 0 aliphatic rings. The van der Waals surface area contributed by atoms with Crippen LogP contribution in [0, 0.1) is 0 Å². The van der Waals surface area contributed by atoms with Crippen molar-refractivity contribution in [1.82, 2.24) is 15.0 Å². The summed E-state index contributed by atoms with van der Waals surface area (Å²) in [5.74, 6) is 1.70. The van der Waals surface area contributed by atoms with Crippen LogP contribution in [0.1, 0.15) is 0 Å². The van der Waals surface area contributed by atoms with Crippen LogP contribution in [0.5, 0.6) is 0 Å². The van der Waals surface area contributed by atoms with Crippen LogP contribution in [-0.2, 0) is 9.47 Å². The van der Waals surface area contributed by atoms with Gasteiger partial charge in [0.2, 0.25) is 17.8 Å². The van der Waals surface area contributed by atoms with Gasteiger partial charge in [-0.05, 0) is 0 Å². The van der Waals surface area contributed by atoms with E-state index in [1.165, 1.54) is 0 Å². The highest BCUT2D eigenvalue weighted by Crippen LogP contribution is 2.16. The summed E-state index contributed by atoms with van der Waals surface area (Å²) in [5.41, 5.74) is 0. The summed E-state index contributed by atoms with van der Waals surface area (Å²) in [6.07, 6.45) is 0. The number of rotatable bonds is 7. The van der Waals surface area contributed by atoms with Crippen LogP contribution in [0.15, 0.2) is 0 Å². The molecule has 1 heterocycles. The number of ether oxygens (including phenoxy) is 2. The van der Waals surface area contributed by atoms with Crippen molar-refractivity contribution in [3.8, 4) is 0 Å². The first kappa shape index (κ1) is 15.4. The molecule has 0 radical (unpaired) electrons. The Morgan fingerprint density at radius 1 is 0.737 bits per heavy atom. The van der Waals surface area contributed by atoms with Gasteiger partial charge in [-0.15, -0.1) is 0 Å². The molecule has 0 N–H and O–H groups in total. The van der Waals surface area contributed by atoms with Crippen LogP contribution in [0.2, 0.25) is 0 Å². The molecule has 0 bridgehead atoms.